The number of nitrogens with zero attached hydrogens (tertiary/aromatic N) is 2. The van der Waals surface area contributed by atoms with Crippen LogP contribution >= 0.6 is 0 Å². The molecule has 5 nitrogen and oxygen atoms in total. The number of rotatable bonds is 3. The molecular weight excluding hydrogens is 304 g/mol. The van der Waals surface area contributed by atoms with Gasteiger partial charge in [-0.05, 0) is 25.0 Å². The summed E-state index contributed by atoms with van der Waals surface area (Å²) in [6, 6.07) is 9.98. The lowest BCUT2D eigenvalue weighted by Crippen LogP contribution is -2.55. The molecule has 1 amide bonds. The van der Waals surface area contributed by atoms with E-state index in [0.29, 0.717) is 31.2 Å². The molecule has 2 heterocycles. The molecule has 1 aliphatic heterocycles. The van der Waals surface area contributed by atoms with Crippen LogP contribution in [0.3, 0.4) is 0 Å². The summed E-state index contributed by atoms with van der Waals surface area (Å²) in [5.74, 6) is 0.694. The molecule has 0 N–H and O–H groups in total. The molecule has 0 bridgehead atoms. The van der Waals surface area contributed by atoms with E-state index < -0.39 is 0 Å². The number of hydrogen-bond acceptors (Lipinski definition) is 4. The Labute approximate surface area is 141 Å². The van der Waals surface area contributed by atoms with Crippen molar-refractivity contribution < 1.29 is 13.9 Å². The average Bonchev–Trinajstić information content (AvgIpc) is 3.10. The van der Waals surface area contributed by atoms with Gasteiger partial charge in [-0.15, -0.1) is 0 Å². The van der Waals surface area contributed by atoms with Crippen molar-refractivity contribution >= 4 is 5.91 Å². The van der Waals surface area contributed by atoms with Gasteiger partial charge in [-0.3, -0.25) is 4.79 Å². The Bertz CT molecular complexity index is 696. The van der Waals surface area contributed by atoms with Gasteiger partial charge in [0.15, 0.2) is 0 Å². The molecule has 2 fully saturated rings. The van der Waals surface area contributed by atoms with E-state index in [1.807, 2.05) is 35.2 Å². The lowest BCUT2D eigenvalue weighted by Gasteiger charge is -2.43. The third kappa shape index (κ3) is 3.08. The molecule has 0 radical (unpaired) electrons. The zero-order valence-electron chi connectivity index (χ0n) is 13.7. The van der Waals surface area contributed by atoms with Gasteiger partial charge in [-0.25, -0.2) is 4.98 Å². The van der Waals surface area contributed by atoms with Crippen molar-refractivity contribution in [2.75, 3.05) is 13.2 Å². The standard InChI is InChI=1S/C19H22N2O3/c22-18(21-10-11-23-17-9-5-4-8-16(17)21)12-15-13-24-19(20-15)14-6-2-1-3-7-14/h1-3,6-7,13,16-17H,4-5,8-12H2/t16-,17+/m1/s1. The maximum absolute atomic E-state index is 12.8. The van der Waals surface area contributed by atoms with Gasteiger partial charge in [0.25, 0.3) is 0 Å². The van der Waals surface area contributed by atoms with Crippen LogP contribution in [-0.2, 0) is 16.0 Å². The molecule has 126 valence electrons. The summed E-state index contributed by atoms with van der Waals surface area (Å²) in [6.07, 6.45) is 6.59. The quantitative estimate of drug-likeness (QED) is 0.870. The molecule has 5 heteroatoms. The fraction of sp³-hybridized carbons (Fsp3) is 0.474. The molecule has 0 spiro atoms. The smallest absolute Gasteiger partial charge is 0.229 e. The van der Waals surface area contributed by atoms with Crippen molar-refractivity contribution in [1.82, 2.24) is 9.88 Å². The summed E-state index contributed by atoms with van der Waals surface area (Å²) < 4.78 is 11.4. The van der Waals surface area contributed by atoms with Crippen LogP contribution in [0.2, 0.25) is 0 Å². The maximum Gasteiger partial charge on any atom is 0.229 e. The monoisotopic (exact) mass is 326 g/mol. The number of carbonyl (C=O) groups is 1. The Hall–Kier alpha value is -2.14. The maximum atomic E-state index is 12.8. The van der Waals surface area contributed by atoms with Crippen LogP contribution in [0, 0.1) is 0 Å². The fourth-order valence-electron chi connectivity index (χ4n) is 3.76. The third-order valence-electron chi connectivity index (χ3n) is 4.96. The molecule has 1 saturated carbocycles. The highest BCUT2D eigenvalue weighted by Gasteiger charge is 2.36. The second kappa shape index (κ2) is 6.77. The second-order valence-electron chi connectivity index (χ2n) is 6.53. The van der Waals surface area contributed by atoms with Crippen molar-refractivity contribution in [1.29, 1.82) is 0 Å². The van der Waals surface area contributed by atoms with E-state index in [0.717, 1.165) is 18.4 Å². The van der Waals surface area contributed by atoms with Crippen LogP contribution < -0.4 is 0 Å². The molecule has 1 aromatic carbocycles. The molecule has 4 rings (SSSR count). The Morgan fingerprint density at radius 2 is 2.04 bits per heavy atom. The fourth-order valence-corrected chi connectivity index (χ4v) is 3.76. The SMILES string of the molecule is O=C(Cc1coc(-c2ccccc2)n1)N1CCO[C@H]2CCCC[C@H]21. The minimum Gasteiger partial charge on any atom is -0.444 e. The molecule has 24 heavy (non-hydrogen) atoms. The molecule has 1 saturated heterocycles. The van der Waals surface area contributed by atoms with E-state index in [-0.39, 0.29) is 18.1 Å². The van der Waals surface area contributed by atoms with E-state index in [9.17, 15) is 4.79 Å². The van der Waals surface area contributed by atoms with Gasteiger partial charge in [0.2, 0.25) is 11.8 Å². The van der Waals surface area contributed by atoms with Gasteiger partial charge in [0, 0.05) is 12.1 Å². The summed E-state index contributed by atoms with van der Waals surface area (Å²) in [5.41, 5.74) is 1.62. The average molecular weight is 326 g/mol. The molecular formula is C19H22N2O3. The summed E-state index contributed by atoms with van der Waals surface area (Å²) in [4.78, 5) is 19.2. The zero-order chi connectivity index (χ0) is 16.4. The summed E-state index contributed by atoms with van der Waals surface area (Å²) in [5, 5.41) is 0. The van der Waals surface area contributed by atoms with Gasteiger partial charge >= 0.3 is 0 Å². The van der Waals surface area contributed by atoms with E-state index in [2.05, 4.69) is 4.98 Å². The lowest BCUT2D eigenvalue weighted by molar-refractivity contribution is -0.148. The van der Waals surface area contributed by atoms with Crippen molar-refractivity contribution in [2.24, 2.45) is 0 Å². The number of fused-ring (bicyclic) bond motifs is 1. The first-order chi connectivity index (χ1) is 11.8. The second-order valence-corrected chi connectivity index (χ2v) is 6.53. The van der Waals surface area contributed by atoms with Crippen LogP contribution in [0.1, 0.15) is 31.4 Å². The molecule has 0 unspecified atom stereocenters. The predicted octanol–water partition coefficient (Wildman–Crippen LogP) is 3.05. The first-order valence-electron chi connectivity index (χ1n) is 8.72. The van der Waals surface area contributed by atoms with Gasteiger partial charge in [0.05, 0.1) is 30.9 Å². The van der Waals surface area contributed by atoms with Gasteiger partial charge in [0.1, 0.15) is 6.26 Å². The van der Waals surface area contributed by atoms with Crippen LogP contribution in [0.4, 0.5) is 0 Å². The van der Waals surface area contributed by atoms with Crippen LogP contribution in [0.25, 0.3) is 11.5 Å². The summed E-state index contributed by atoms with van der Waals surface area (Å²) in [6.45, 7) is 1.32. The minimum absolute atomic E-state index is 0.128. The van der Waals surface area contributed by atoms with Gasteiger partial charge in [-0.1, -0.05) is 31.0 Å². The normalized spacial score (nSPS) is 23.8. The largest absolute Gasteiger partial charge is 0.444 e. The lowest BCUT2D eigenvalue weighted by atomic mass is 9.90. The Morgan fingerprint density at radius 3 is 2.92 bits per heavy atom. The third-order valence-corrected chi connectivity index (χ3v) is 4.96. The van der Waals surface area contributed by atoms with Gasteiger partial charge < -0.3 is 14.1 Å². The molecule has 1 aliphatic carbocycles. The highest BCUT2D eigenvalue weighted by atomic mass is 16.5. The summed E-state index contributed by atoms with van der Waals surface area (Å²) in [7, 11) is 0. The van der Waals surface area contributed by atoms with E-state index in [1.54, 1.807) is 6.26 Å². The van der Waals surface area contributed by atoms with E-state index in [1.165, 1.54) is 12.8 Å². The van der Waals surface area contributed by atoms with Crippen LogP contribution in [-0.4, -0.2) is 41.1 Å². The number of morpholine rings is 1. The number of carbonyl (C=O) groups excluding carboxylic acids is 1. The van der Waals surface area contributed by atoms with Crippen LogP contribution in [0.5, 0.6) is 0 Å². The Morgan fingerprint density at radius 1 is 1.21 bits per heavy atom. The predicted molar refractivity (Wildman–Crippen MR) is 89.4 cm³/mol. The number of benzene rings is 1. The summed E-state index contributed by atoms with van der Waals surface area (Å²) >= 11 is 0. The Kier molecular flexibility index (Phi) is 4.34. The van der Waals surface area contributed by atoms with Gasteiger partial charge in [-0.2, -0.15) is 0 Å². The van der Waals surface area contributed by atoms with Crippen molar-refractivity contribution in [2.45, 2.75) is 44.2 Å². The van der Waals surface area contributed by atoms with E-state index in [4.69, 9.17) is 9.15 Å². The number of hydrogen-bond donors (Lipinski definition) is 0. The zero-order valence-corrected chi connectivity index (χ0v) is 13.7. The minimum atomic E-state index is 0.128. The first kappa shape index (κ1) is 15.4. The van der Waals surface area contributed by atoms with Crippen LogP contribution in [0.15, 0.2) is 41.0 Å². The number of amides is 1. The Balaban J connectivity index is 1.45. The van der Waals surface area contributed by atoms with Crippen molar-refractivity contribution in [3.05, 3.63) is 42.3 Å². The number of ether oxygens (including phenoxy) is 1. The van der Waals surface area contributed by atoms with Crippen molar-refractivity contribution in [3.63, 3.8) is 0 Å². The first-order valence-corrected chi connectivity index (χ1v) is 8.72. The molecule has 2 aliphatic rings. The number of aromatic nitrogens is 1. The highest BCUT2D eigenvalue weighted by molar-refractivity contribution is 5.79. The topological polar surface area (TPSA) is 55.6 Å². The highest BCUT2D eigenvalue weighted by Crippen LogP contribution is 2.29. The molecule has 1 aromatic heterocycles. The number of oxazole rings is 1. The van der Waals surface area contributed by atoms with E-state index >= 15 is 0 Å². The van der Waals surface area contributed by atoms with Crippen molar-refractivity contribution in [3.8, 4) is 11.5 Å². The molecule has 2 aromatic rings. The molecule has 2 atom stereocenters.